The molecule has 2 rings (SSSR count). The van der Waals surface area contributed by atoms with Gasteiger partial charge in [-0.1, -0.05) is 29.3 Å². The second-order valence-electron chi connectivity index (χ2n) is 4.07. The van der Waals surface area contributed by atoms with Crippen LogP contribution in [-0.4, -0.2) is 5.78 Å². The minimum absolute atomic E-state index is 0.0835. The molecule has 0 spiro atoms. The molecule has 0 aliphatic carbocycles. The fraction of sp³-hybridized carbons (Fsp3) is 0.0714. The summed E-state index contributed by atoms with van der Waals surface area (Å²) in [4.78, 5) is 12.1. The molecule has 0 aromatic heterocycles. The van der Waals surface area contributed by atoms with E-state index in [0.717, 1.165) is 0 Å². The molecule has 0 aliphatic rings. The zero-order valence-corrected chi connectivity index (χ0v) is 11.3. The second kappa shape index (κ2) is 5.59. The molecule has 2 aromatic carbocycles. The van der Waals surface area contributed by atoms with Gasteiger partial charge in [-0.15, -0.1) is 0 Å². The van der Waals surface area contributed by atoms with Crippen LogP contribution in [0.5, 0.6) is 0 Å². The Hall–Kier alpha value is -1.58. The Morgan fingerprint density at radius 1 is 1.11 bits per heavy atom. The van der Waals surface area contributed by atoms with Crippen molar-refractivity contribution in [2.24, 2.45) is 0 Å². The van der Waals surface area contributed by atoms with Crippen molar-refractivity contribution in [2.45, 2.75) is 6.42 Å². The maximum absolute atomic E-state index is 12.9. The molecule has 0 fully saturated rings. The topological polar surface area (TPSA) is 43.1 Å². The van der Waals surface area contributed by atoms with E-state index in [-0.39, 0.29) is 17.2 Å². The fourth-order valence-electron chi connectivity index (χ4n) is 1.66. The van der Waals surface area contributed by atoms with Gasteiger partial charge in [0, 0.05) is 17.0 Å². The highest BCUT2D eigenvalue weighted by atomic mass is 35.5. The van der Waals surface area contributed by atoms with Crippen LogP contribution in [0.25, 0.3) is 0 Å². The number of rotatable bonds is 3. The summed E-state index contributed by atoms with van der Waals surface area (Å²) in [5, 5.41) is 0.631. The van der Waals surface area contributed by atoms with Crippen LogP contribution in [0.4, 0.5) is 10.1 Å². The fourth-order valence-corrected chi connectivity index (χ4v) is 2.01. The number of carbonyl (C=O) groups is 1. The second-order valence-corrected chi connectivity index (χ2v) is 4.89. The highest BCUT2D eigenvalue weighted by molar-refractivity contribution is 6.33. The van der Waals surface area contributed by atoms with Gasteiger partial charge < -0.3 is 5.73 Å². The summed E-state index contributed by atoms with van der Waals surface area (Å²) in [6, 6.07) is 8.62. The number of carbonyl (C=O) groups excluding carboxylic acids is 1. The average molecular weight is 298 g/mol. The van der Waals surface area contributed by atoms with Gasteiger partial charge in [0.05, 0.1) is 10.7 Å². The lowest BCUT2D eigenvalue weighted by Crippen LogP contribution is -2.05. The maximum atomic E-state index is 12.9. The average Bonchev–Trinajstić information content (AvgIpc) is 2.36. The van der Waals surface area contributed by atoms with Gasteiger partial charge in [-0.05, 0) is 35.9 Å². The Balaban J connectivity index is 2.23. The number of hydrogen-bond donors (Lipinski definition) is 1. The number of anilines is 1. The van der Waals surface area contributed by atoms with Crippen molar-refractivity contribution in [3.63, 3.8) is 0 Å². The lowest BCUT2D eigenvalue weighted by molar-refractivity contribution is 0.0993. The van der Waals surface area contributed by atoms with E-state index in [2.05, 4.69) is 0 Å². The molecule has 0 radical (unpaired) electrons. The van der Waals surface area contributed by atoms with E-state index in [0.29, 0.717) is 21.8 Å². The Morgan fingerprint density at radius 2 is 1.84 bits per heavy atom. The molecule has 2 nitrogen and oxygen atoms in total. The molecule has 2 N–H and O–H groups in total. The predicted molar refractivity (Wildman–Crippen MR) is 75.3 cm³/mol. The standard InChI is InChI=1S/C14H10Cl2FNO/c15-11-4-2-9(5-13(11)18)14(19)6-8-1-3-10(17)7-12(8)16/h1-5,7H,6,18H2. The Kier molecular flexibility index (Phi) is 4.08. The number of hydrogen-bond acceptors (Lipinski definition) is 2. The van der Waals surface area contributed by atoms with E-state index in [1.165, 1.54) is 24.3 Å². The molecule has 2 aromatic rings. The quantitative estimate of drug-likeness (QED) is 0.683. The normalized spacial score (nSPS) is 10.5. The van der Waals surface area contributed by atoms with E-state index in [9.17, 15) is 9.18 Å². The van der Waals surface area contributed by atoms with Crippen molar-refractivity contribution in [1.29, 1.82) is 0 Å². The predicted octanol–water partition coefficient (Wildman–Crippen LogP) is 4.14. The maximum Gasteiger partial charge on any atom is 0.167 e. The monoisotopic (exact) mass is 297 g/mol. The lowest BCUT2D eigenvalue weighted by atomic mass is 10.0. The number of halogens is 3. The first kappa shape index (κ1) is 13.8. The van der Waals surface area contributed by atoms with Gasteiger partial charge in [0.15, 0.2) is 5.78 Å². The zero-order chi connectivity index (χ0) is 14.0. The van der Waals surface area contributed by atoms with E-state index in [4.69, 9.17) is 28.9 Å². The summed E-state index contributed by atoms with van der Waals surface area (Å²) < 4.78 is 12.9. The first-order valence-corrected chi connectivity index (χ1v) is 6.25. The van der Waals surface area contributed by atoms with Gasteiger partial charge in [0.1, 0.15) is 5.82 Å². The van der Waals surface area contributed by atoms with Crippen LogP contribution in [0.15, 0.2) is 36.4 Å². The SMILES string of the molecule is Nc1cc(C(=O)Cc2ccc(F)cc2Cl)ccc1Cl. The Morgan fingerprint density at radius 3 is 2.47 bits per heavy atom. The number of ketones is 1. The minimum atomic E-state index is -0.433. The van der Waals surface area contributed by atoms with E-state index in [1.54, 1.807) is 12.1 Å². The highest BCUT2D eigenvalue weighted by Gasteiger charge is 2.11. The molecule has 19 heavy (non-hydrogen) atoms. The van der Waals surface area contributed by atoms with E-state index >= 15 is 0 Å². The molecule has 0 saturated carbocycles. The van der Waals surface area contributed by atoms with E-state index < -0.39 is 5.82 Å². The molecule has 0 amide bonds. The number of nitrogen functional groups attached to an aromatic ring is 1. The lowest BCUT2D eigenvalue weighted by Gasteiger charge is -2.05. The van der Waals surface area contributed by atoms with Crippen molar-refractivity contribution < 1.29 is 9.18 Å². The van der Waals surface area contributed by atoms with E-state index in [1.807, 2.05) is 0 Å². The molecule has 0 unspecified atom stereocenters. The summed E-state index contributed by atoms with van der Waals surface area (Å²) in [6.07, 6.45) is 0.0835. The van der Waals surface area contributed by atoms with Crippen molar-refractivity contribution in [3.05, 3.63) is 63.4 Å². The van der Waals surface area contributed by atoms with Crippen molar-refractivity contribution in [1.82, 2.24) is 0 Å². The van der Waals surface area contributed by atoms with Gasteiger partial charge >= 0.3 is 0 Å². The molecular formula is C14H10Cl2FNO. The van der Waals surface area contributed by atoms with Crippen LogP contribution in [0.2, 0.25) is 10.0 Å². The minimum Gasteiger partial charge on any atom is -0.398 e. The highest BCUT2D eigenvalue weighted by Crippen LogP contribution is 2.22. The summed E-state index contributed by atoms with van der Waals surface area (Å²) in [5.74, 6) is -0.589. The largest absolute Gasteiger partial charge is 0.398 e. The third kappa shape index (κ3) is 3.25. The molecule has 0 heterocycles. The molecule has 0 atom stereocenters. The summed E-state index contributed by atoms with van der Waals surface area (Å²) in [7, 11) is 0. The third-order valence-corrected chi connectivity index (χ3v) is 3.38. The molecular weight excluding hydrogens is 288 g/mol. The van der Waals surface area contributed by atoms with Crippen molar-refractivity contribution in [2.75, 3.05) is 5.73 Å². The summed E-state index contributed by atoms with van der Waals surface area (Å²) >= 11 is 11.7. The van der Waals surface area contributed by atoms with Crippen LogP contribution < -0.4 is 5.73 Å². The van der Waals surface area contributed by atoms with Crippen LogP contribution in [-0.2, 0) is 6.42 Å². The summed E-state index contributed by atoms with van der Waals surface area (Å²) in [6.45, 7) is 0. The number of Topliss-reactive ketones (excluding diaryl/α,β-unsaturated/α-hetero) is 1. The van der Waals surface area contributed by atoms with Gasteiger partial charge in [-0.3, -0.25) is 4.79 Å². The third-order valence-electron chi connectivity index (χ3n) is 2.68. The molecule has 98 valence electrons. The Bertz CT molecular complexity index is 643. The molecule has 0 saturated heterocycles. The first-order valence-electron chi connectivity index (χ1n) is 5.49. The van der Waals surface area contributed by atoms with Crippen LogP contribution in [0.3, 0.4) is 0 Å². The van der Waals surface area contributed by atoms with Crippen LogP contribution in [0, 0.1) is 5.82 Å². The number of benzene rings is 2. The van der Waals surface area contributed by atoms with Crippen LogP contribution in [0.1, 0.15) is 15.9 Å². The zero-order valence-electron chi connectivity index (χ0n) is 9.79. The smallest absolute Gasteiger partial charge is 0.167 e. The first-order chi connectivity index (χ1) is 8.97. The molecule has 0 aliphatic heterocycles. The van der Waals surface area contributed by atoms with Gasteiger partial charge in [0.25, 0.3) is 0 Å². The van der Waals surface area contributed by atoms with Gasteiger partial charge in [-0.2, -0.15) is 0 Å². The van der Waals surface area contributed by atoms with Crippen LogP contribution >= 0.6 is 23.2 Å². The molecule has 0 bridgehead atoms. The van der Waals surface area contributed by atoms with Crippen molar-refractivity contribution >= 4 is 34.7 Å². The number of nitrogens with two attached hydrogens (primary N) is 1. The van der Waals surface area contributed by atoms with Gasteiger partial charge in [0.2, 0.25) is 0 Å². The Labute approximate surface area is 119 Å². The molecule has 5 heteroatoms. The van der Waals surface area contributed by atoms with Gasteiger partial charge in [-0.25, -0.2) is 4.39 Å². The van der Waals surface area contributed by atoms with Crippen molar-refractivity contribution in [3.8, 4) is 0 Å². The summed E-state index contributed by atoms with van der Waals surface area (Å²) in [5.41, 5.74) is 7.00.